The van der Waals surface area contributed by atoms with Gasteiger partial charge in [0, 0.05) is 12.1 Å². The first-order chi connectivity index (χ1) is 12.2. The topological polar surface area (TPSA) is 119 Å². The number of carboxylic acid groups (broad SMARTS) is 1. The number of carboxylic acids is 1. The van der Waals surface area contributed by atoms with Gasteiger partial charge in [0.25, 0.3) is 0 Å². The van der Waals surface area contributed by atoms with Gasteiger partial charge in [0.1, 0.15) is 13.6 Å². The Morgan fingerprint density at radius 1 is 1.12 bits per heavy atom. The van der Waals surface area contributed by atoms with E-state index >= 15 is 0 Å². The van der Waals surface area contributed by atoms with Crippen LogP contribution >= 0.6 is 0 Å². The first-order valence-electron chi connectivity index (χ1n) is 7.55. The zero-order valence-corrected chi connectivity index (χ0v) is 15.1. The molecule has 0 amide bonds. The van der Waals surface area contributed by atoms with E-state index in [2.05, 4.69) is 14.1 Å². The van der Waals surface area contributed by atoms with Crippen LogP contribution < -0.4 is 9.88 Å². The summed E-state index contributed by atoms with van der Waals surface area (Å²) in [5.41, 5.74) is 3.01. The molecule has 2 aromatic carbocycles. The summed E-state index contributed by atoms with van der Waals surface area (Å²) in [6.07, 6.45) is 0. The number of fused-ring (bicyclic) bond motifs is 2. The number of benzene rings is 2. The summed E-state index contributed by atoms with van der Waals surface area (Å²) >= 11 is 0. The minimum atomic E-state index is -3.91. The molecule has 1 heterocycles. The van der Waals surface area contributed by atoms with Gasteiger partial charge in [0.05, 0.1) is 23.6 Å². The Balaban J connectivity index is 0.000000352. The number of hydrogen-bond acceptors (Lipinski definition) is 5. The van der Waals surface area contributed by atoms with Crippen molar-refractivity contribution in [3.63, 3.8) is 0 Å². The van der Waals surface area contributed by atoms with Crippen molar-refractivity contribution in [2.45, 2.75) is 0 Å². The van der Waals surface area contributed by atoms with E-state index in [0.717, 1.165) is 34.6 Å². The zero-order chi connectivity index (χ0) is 19.3. The number of aryl methyl sites for hydroxylation is 1. The molecule has 0 unspecified atom stereocenters. The van der Waals surface area contributed by atoms with Crippen molar-refractivity contribution in [2.24, 2.45) is 7.05 Å². The Morgan fingerprint density at radius 2 is 1.54 bits per heavy atom. The van der Waals surface area contributed by atoms with Crippen LogP contribution in [-0.4, -0.2) is 37.7 Å². The van der Waals surface area contributed by atoms with Gasteiger partial charge in [-0.2, -0.15) is 4.57 Å². The Morgan fingerprint density at radius 3 is 1.92 bits per heavy atom. The second kappa shape index (κ2) is 8.09. The number of pyridine rings is 1. The quantitative estimate of drug-likeness (QED) is 0.394. The molecule has 138 valence electrons. The van der Waals surface area contributed by atoms with E-state index in [1.165, 1.54) is 0 Å². The third-order valence-corrected chi connectivity index (χ3v) is 4.14. The van der Waals surface area contributed by atoms with E-state index < -0.39 is 16.4 Å². The van der Waals surface area contributed by atoms with Gasteiger partial charge in [0.2, 0.25) is 11.0 Å². The maximum atomic E-state index is 10.8. The predicted molar refractivity (Wildman–Crippen MR) is 98.3 cm³/mol. The van der Waals surface area contributed by atoms with Crippen LogP contribution in [0.2, 0.25) is 0 Å². The molecule has 0 bridgehead atoms. The number of rotatable bonds is 4. The summed E-state index contributed by atoms with van der Waals surface area (Å²) in [4.78, 5) is 10.8. The van der Waals surface area contributed by atoms with Crippen LogP contribution in [0.1, 0.15) is 0 Å². The molecule has 3 rings (SSSR count). The number of aromatic nitrogens is 1. The molecule has 0 aliphatic rings. The number of anilines is 1. The lowest BCUT2D eigenvalue weighted by Crippen LogP contribution is -2.30. The highest BCUT2D eigenvalue weighted by Gasteiger charge is 2.17. The highest BCUT2D eigenvalue weighted by Crippen LogP contribution is 2.29. The fourth-order valence-electron chi connectivity index (χ4n) is 2.58. The summed E-state index contributed by atoms with van der Waals surface area (Å²) < 4.78 is 30.5. The van der Waals surface area contributed by atoms with E-state index in [0.29, 0.717) is 0 Å². The third kappa shape index (κ3) is 4.66. The summed E-state index contributed by atoms with van der Waals surface area (Å²) in [6.45, 7) is -0.0955. The molecule has 26 heavy (non-hydrogen) atoms. The molecule has 8 nitrogen and oxygen atoms in total. The molecule has 0 spiro atoms. The average Bonchev–Trinajstić information content (AvgIpc) is 2.61. The summed E-state index contributed by atoms with van der Waals surface area (Å²) in [5.74, 6) is -0.869. The van der Waals surface area contributed by atoms with Gasteiger partial charge in [-0.3, -0.25) is 4.79 Å². The van der Waals surface area contributed by atoms with Crippen molar-refractivity contribution in [3.05, 3.63) is 48.5 Å². The fraction of sp³-hybridized carbons (Fsp3) is 0.176. The van der Waals surface area contributed by atoms with Crippen LogP contribution in [-0.2, 0) is 26.4 Å². The highest BCUT2D eigenvalue weighted by molar-refractivity contribution is 7.80. The van der Waals surface area contributed by atoms with Crippen LogP contribution in [0.5, 0.6) is 0 Å². The molecular weight excluding hydrogens is 360 g/mol. The van der Waals surface area contributed by atoms with Crippen LogP contribution in [0.25, 0.3) is 21.8 Å². The van der Waals surface area contributed by atoms with Crippen molar-refractivity contribution in [2.75, 3.05) is 19.0 Å². The molecule has 4 N–H and O–H groups in total. The second-order valence-corrected chi connectivity index (χ2v) is 6.58. The van der Waals surface area contributed by atoms with Crippen LogP contribution in [0.4, 0.5) is 5.69 Å². The van der Waals surface area contributed by atoms with E-state index in [1.807, 2.05) is 55.6 Å². The van der Waals surface area contributed by atoms with Crippen LogP contribution in [0.3, 0.4) is 0 Å². The molecule has 0 aliphatic carbocycles. The van der Waals surface area contributed by atoms with Gasteiger partial charge < -0.3 is 15.0 Å². The Kier molecular flexibility index (Phi) is 6.09. The Bertz CT molecular complexity index is 993. The maximum Gasteiger partial charge on any atom is 0.528 e. The Labute approximate surface area is 150 Å². The summed E-state index contributed by atoms with van der Waals surface area (Å²) in [5, 5.41) is 14.0. The lowest BCUT2D eigenvalue weighted by molar-refractivity contribution is -0.617. The van der Waals surface area contributed by atoms with Crippen molar-refractivity contribution in [1.29, 1.82) is 0 Å². The SMILES string of the molecule is COS(=O)(=O)[OH2+].C[n+]1c2ccccc2c(NCC(=O)O)c2ccccc21. The molecule has 9 heteroatoms. The molecule has 0 aliphatic heterocycles. The molecular formula is C17H20N2O6S+2. The predicted octanol–water partition coefficient (Wildman–Crippen LogP) is 0.916. The van der Waals surface area contributed by atoms with Crippen molar-refractivity contribution in [3.8, 4) is 0 Å². The third-order valence-electron chi connectivity index (χ3n) is 3.71. The first-order valence-corrected chi connectivity index (χ1v) is 8.95. The lowest BCUT2D eigenvalue weighted by atomic mass is 10.1. The van der Waals surface area contributed by atoms with Crippen molar-refractivity contribution in [1.82, 2.24) is 0 Å². The first kappa shape index (κ1) is 19.6. The molecule has 0 radical (unpaired) electrons. The van der Waals surface area contributed by atoms with E-state index in [1.54, 1.807) is 0 Å². The summed E-state index contributed by atoms with van der Waals surface area (Å²) in [6, 6.07) is 16.0. The van der Waals surface area contributed by atoms with Gasteiger partial charge in [-0.05, 0) is 12.1 Å². The number of aliphatic carboxylic acids is 1. The van der Waals surface area contributed by atoms with Gasteiger partial charge in [-0.1, -0.05) is 24.3 Å². The van der Waals surface area contributed by atoms with E-state index in [9.17, 15) is 13.2 Å². The molecule has 3 aromatic rings. The number of nitrogens with one attached hydrogen (secondary N) is 1. The maximum absolute atomic E-state index is 10.8. The van der Waals surface area contributed by atoms with Crippen molar-refractivity contribution < 1.29 is 31.6 Å². The van der Waals surface area contributed by atoms with E-state index in [-0.39, 0.29) is 6.54 Å². The van der Waals surface area contributed by atoms with Gasteiger partial charge >= 0.3 is 16.4 Å². The number of hydrogen-bond donors (Lipinski definition) is 2. The number of carbonyl (C=O) groups is 1. The van der Waals surface area contributed by atoms with Gasteiger partial charge in [0.15, 0.2) is 0 Å². The van der Waals surface area contributed by atoms with E-state index in [4.69, 9.17) is 9.66 Å². The second-order valence-electron chi connectivity index (χ2n) is 5.34. The fourth-order valence-corrected chi connectivity index (χ4v) is 2.58. The average molecular weight is 380 g/mol. The van der Waals surface area contributed by atoms with Crippen molar-refractivity contribution >= 4 is 43.9 Å². The number of nitrogens with zero attached hydrogens (tertiary/aromatic N) is 1. The lowest BCUT2D eigenvalue weighted by Gasteiger charge is -2.10. The van der Waals surface area contributed by atoms with Gasteiger partial charge in [-0.15, -0.1) is 8.42 Å². The largest absolute Gasteiger partial charge is 0.528 e. The monoisotopic (exact) mass is 380 g/mol. The standard InChI is InChI=1S/C16H14N2O2.CH4O4S/c1-18-13-8-4-2-6-11(13)16(17-10-15(19)20)12-7-3-5-9-14(12)18;1-5-6(2,3)4/h2-9H,10H2,1H3,(H,19,20);1H3,(H,2,3,4)/p+2. The minimum absolute atomic E-state index is 0.0955. The minimum Gasteiger partial charge on any atom is -0.480 e. The van der Waals surface area contributed by atoms with Crippen LogP contribution in [0.15, 0.2) is 48.5 Å². The summed E-state index contributed by atoms with van der Waals surface area (Å²) in [7, 11) is -0.960. The molecule has 0 saturated carbocycles. The normalized spacial score (nSPS) is 11.0. The molecule has 0 atom stereocenters. The zero-order valence-electron chi connectivity index (χ0n) is 14.3. The molecule has 0 saturated heterocycles. The van der Waals surface area contributed by atoms with Crippen LogP contribution in [0, 0.1) is 0 Å². The molecule has 0 fully saturated rings. The smallest absolute Gasteiger partial charge is 0.480 e. The number of para-hydroxylation sites is 2. The Hall–Kier alpha value is -2.75. The molecule has 1 aromatic heterocycles. The van der Waals surface area contributed by atoms with Gasteiger partial charge in [-0.25, -0.2) is 4.18 Å². The highest BCUT2D eigenvalue weighted by atomic mass is 32.3.